The molecule has 4 aromatic rings. The van der Waals surface area contributed by atoms with Crippen molar-refractivity contribution in [2.75, 3.05) is 26.3 Å². The first-order valence-electron chi connectivity index (χ1n) is 15.2. The Balaban J connectivity index is 1.29. The molecule has 248 valence electrons. The summed E-state index contributed by atoms with van der Waals surface area (Å²) < 4.78 is 24.6. The lowest BCUT2D eigenvalue weighted by molar-refractivity contribution is -0.0937. The minimum absolute atomic E-state index is 0.151. The van der Waals surface area contributed by atoms with Gasteiger partial charge in [0, 0.05) is 32.4 Å². The molecule has 11 heteroatoms. The second-order valence-electron chi connectivity index (χ2n) is 11.3. The van der Waals surface area contributed by atoms with Crippen molar-refractivity contribution in [1.29, 1.82) is 0 Å². The van der Waals surface area contributed by atoms with Crippen LogP contribution in [0.1, 0.15) is 34.6 Å². The molecule has 1 N–H and O–H groups in total. The van der Waals surface area contributed by atoms with Gasteiger partial charge < -0.3 is 29.0 Å². The van der Waals surface area contributed by atoms with Crippen LogP contribution in [0.3, 0.4) is 0 Å². The lowest BCUT2D eigenvalue weighted by Crippen LogP contribution is -2.54. The minimum atomic E-state index is -1.06. The molecule has 0 bridgehead atoms. The van der Waals surface area contributed by atoms with E-state index in [-0.39, 0.29) is 32.2 Å². The van der Waals surface area contributed by atoms with Crippen molar-refractivity contribution in [3.8, 4) is 5.75 Å². The largest absolute Gasteiger partial charge is 0.494 e. The average Bonchev–Trinajstić information content (AvgIpc) is 3.04. The second kappa shape index (κ2) is 17.4. The fourth-order valence-corrected chi connectivity index (χ4v) is 6.71. The number of halogens is 4. The summed E-state index contributed by atoms with van der Waals surface area (Å²) in [7, 11) is 0. The molecule has 1 saturated heterocycles. The molecule has 1 unspecified atom stereocenters. The maximum Gasteiger partial charge on any atom is 0.407 e. The first-order valence-corrected chi connectivity index (χ1v) is 16.7. The third-order valence-corrected chi connectivity index (χ3v) is 8.60. The topological polar surface area (TPSA) is 77.5 Å². The van der Waals surface area contributed by atoms with Crippen LogP contribution in [0.15, 0.2) is 91.0 Å². The van der Waals surface area contributed by atoms with Gasteiger partial charge in [-0.1, -0.05) is 88.9 Å². The smallest absolute Gasteiger partial charge is 0.407 e. The molecule has 4 aromatic carbocycles. The van der Waals surface area contributed by atoms with E-state index in [1.807, 2.05) is 54.6 Å². The van der Waals surface area contributed by atoms with E-state index in [0.29, 0.717) is 39.9 Å². The normalized spacial score (nSPS) is 17.9. The highest BCUT2D eigenvalue weighted by Crippen LogP contribution is 2.35. The molecule has 0 radical (unpaired) electrons. The third-order valence-electron chi connectivity index (χ3n) is 7.72. The number of ether oxygens (including phenoxy) is 4. The van der Waals surface area contributed by atoms with Gasteiger partial charge in [-0.05, 0) is 70.8 Å². The van der Waals surface area contributed by atoms with Crippen LogP contribution < -0.4 is 4.74 Å². The van der Waals surface area contributed by atoms with Crippen molar-refractivity contribution in [2.24, 2.45) is 0 Å². The van der Waals surface area contributed by atoms with E-state index in [2.05, 4.69) is 0 Å². The molecule has 7 nitrogen and oxygen atoms in total. The monoisotopic (exact) mass is 717 g/mol. The van der Waals surface area contributed by atoms with Crippen molar-refractivity contribution >= 4 is 52.5 Å². The molecule has 1 aliphatic heterocycles. The van der Waals surface area contributed by atoms with Gasteiger partial charge >= 0.3 is 6.09 Å². The summed E-state index contributed by atoms with van der Waals surface area (Å²) in [5.41, 5.74) is 3.61. The van der Waals surface area contributed by atoms with Gasteiger partial charge in [-0.3, -0.25) is 0 Å². The maximum atomic E-state index is 12.2. The first kappa shape index (κ1) is 35.3. The Labute approximate surface area is 294 Å². The summed E-state index contributed by atoms with van der Waals surface area (Å²) in [5.74, 6) is 0.409. The Kier molecular flexibility index (Phi) is 13.1. The zero-order valence-corrected chi connectivity index (χ0v) is 28.5. The molecule has 1 amide bonds. The van der Waals surface area contributed by atoms with Crippen LogP contribution in [0.4, 0.5) is 4.79 Å². The predicted octanol–water partition coefficient (Wildman–Crippen LogP) is 9.53. The highest BCUT2D eigenvalue weighted by atomic mass is 35.5. The van der Waals surface area contributed by atoms with Gasteiger partial charge in [-0.15, -0.1) is 0 Å². The maximum absolute atomic E-state index is 12.2. The summed E-state index contributed by atoms with van der Waals surface area (Å²) in [6, 6.07) is 28.2. The molecule has 0 aliphatic carbocycles. The highest BCUT2D eigenvalue weighted by Gasteiger charge is 2.41. The van der Waals surface area contributed by atoms with Gasteiger partial charge in [0.2, 0.25) is 0 Å². The van der Waals surface area contributed by atoms with Crippen molar-refractivity contribution in [3.05, 3.63) is 133 Å². The fourth-order valence-electron chi connectivity index (χ4n) is 5.57. The SMILES string of the molecule is O=C(O)N1C[C@H](OCc2cc(Cl)cc(Cl)c2)C(c2ccc(OCCCOCc3ccccc3)cc2)[C@H](OCc2cc(Cl)cc(Cl)c2)C1. The fraction of sp³-hybridized carbons (Fsp3) is 0.306. The number of hydrogen-bond donors (Lipinski definition) is 1. The summed E-state index contributed by atoms with van der Waals surface area (Å²) in [4.78, 5) is 13.5. The third kappa shape index (κ3) is 10.7. The van der Waals surface area contributed by atoms with Crippen molar-refractivity contribution in [2.45, 2.75) is 44.4 Å². The summed E-state index contributed by atoms with van der Waals surface area (Å²) in [6.07, 6.45) is -1.40. The predicted molar refractivity (Wildman–Crippen MR) is 185 cm³/mol. The van der Waals surface area contributed by atoms with Gasteiger partial charge in [-0.2, -0.15) is 0 Å². The molecule has 3 atom stereocenters. The molecular weight excluding hydrogens is 684 g/mol. The number of piperidine rings is 1. The molecule has 0 aromatic heterocycles. The standard InChI is InChI=1S/C36H35Cl4NO6/c37-28-13-25(14-29(38)17-28)22-46-33-19-41(36(42)43)20-34(47-23-26-15-30(39)18-31(40)16-26)35(33)27-7-9-32(10-8-27)45-12-4-11-44-21-24-5-2-1-3-6-24/h1-3,5-10,13-18,33-35H,4,11-12,19-23H2,(H,42,43)/t33-,34+,35?. The quantitative estimate of drug-likeness (QED) is 0.131. The van der Waals surface area contributed by atoms with Crippen LogP contribution in [0.2, 0.25) is 20.1 Å². The van der Waals surface area contributed by atoms with Crippen LogP contribution in [-0.4, -0.2) is 54.6 Å². The summed E-state index contributed by atoms with van der Waals surface area (Å²) >= 11 is 24.9. The van der Waals surface area contributed by atoms with Crippen LogP contribution in [0.25, 0.3) is 0 Å². The highest BCUT2D eigenvalue weighted by molar-refractivity contribution is 6.35. The number of nitrogens with zero attached hydrogens (tertiary/aromatic N) is 1. The number of benzene rings is 4. The number of rotatable bonds is 14. The van der Waals surface area contributed by atoms with Gasteiger partial charge in [0.25, 0.3) is 0 Å². The van der Waals surface area contributed by atoms with Gasteiger partial charge in [0.05, 0.1) is 58.3 Å². The molecule has 0 saturated carbocycles. The van der Waals surface area contributed by atoms with Crippen molar-refractivity contribution < 1.29 is 28.8 Å². The van der Waals surface area contributed by atoms with Crippen molar-refractivity contribution in [3.63, 3.8) is 0 Å². The average molecular weight is 719 g/mol. The number of amides is 1. The van der Waals surface area contributed by atoms with E-state index in [4.69, 9.17) is 65.4 Å². The summed E-state index contributed by atoms with van der Waals surface area (Å²) in [6.45, 7) is 2.32. The lowest BCUT2D eigenvalue weighted by Gasteiger charge is -2.42. The molecular formula is C36H35Cl4NO6. The zero-order valence-electron chi connectivity index (χ0n) is 25.5. The van der Waals surface area contributed by atoms with Crippen LogP contribution in [-0.2, 0) is 34.0 Å². The van der Waals surface area contributed by atoms with Crippen LogP contribution in [0, 0.1) is 0 Å². The lowest BCUT2D eigenvalue weighted by atomic mass is 9.84. The summed E-state index contributed by atoms with van der Waals surface area (Å²) in [5, 5.41) is 12.0. The minimum Gasteiger partial charge on any atom is -0.494 e. The molecule has 1 fully saturated rings. The van der Waals surface area contributed by atoms with Crippen LogP contribution >= 0.6 is 46.4 Å². The molecule has 47 heavy (non-hydrogen) atoms. The Morgan fingerprint density at radius 1 is 0.681 bits per heavy atom. The van der Waals surface area contributed by atoms with E-state index < -0.39 is 18.3 Å². The van der Waals surface area contributed by atoms with Crippen molar-refractivity contribution in [1.82, 2.24) is 4.90 Å². The molecule has 1 aliphatic rings. The Bertz CT molecular complexity index is 1500. The number of carboxylic acid groups (broad SMARTS) is 1. The Morgan fingerprint density at radius 3 is 1.72 bits per heavy atom. The number of carbonyl (C=O) groups is 1. The van der Waals surface area contributed by atoms with Gasteiger partial charge in [-0.25, -0.2) is 4.79 Å². The van der Waals surface area contributed by atoms with E-state index in [0.717, 1.165) is 34.4 Å². The Hall–Kier alpha value is -3.01. The number of hydrogen-bond acceptors (Lipinski definition) is 5. The number of likely N-dealkylation sites (tertiary alicyclic amines) is 1. The van der Waals surface area contributed by atoms with E-state index in [9.17, 15) is 9.90 Å². The van der Waals surface area contributed by atoms with Gasteiger partial charge in [0.1, 0.15) is 5.75 Å². The first-order chi connectivity index (χ1) is 22.7. The van der Waals surface area contributed by atoms with Crippen LogP contribution in [0.5, 0.6) is 5.75 Å². The van der Waals surface area contributed by atoms with E-state index >= 15 is 0 Å². The van der Waals surface area contributed by atoms with Gasteiger partial charge in [0.15, 0.2) is 0 Å². The molecule has 5 rings (SSSR count). The Morgan fingerprint density at radius 2 is 1.21 bits per heavy atom. The molecule has 1 heterocycles. The second-order valence-corrected chi connectivity index (χ2v) is 13.0. The molecule has 0 spiro atoms. The van der Waals surface area contributed by atoms with E-state index in [1.165, 1.54) is 4.90 Å². The zero-order chi connectivity index (χ0) is 33.2. The van der Waals surface area contributed by atoms with E-state index in [1.54, 1.807) is 36.4 Å².